The Labute approximate surface area is 91.0 Å². The summed E-state index contributed by atoms with van der Waals surface area (Å²) in [4.78, 5) is 22.2. The predicted octanol–water partition coefficient (Wildman–Crippen LogP) is -0.516. The highest BCUT2D eigenvalue weighted by Crippen LogP contribution is 1.88. The smallest absolute Gasteiger partial charge is 0.222 e. The average Bonchev–Trinajstić information content (AvgIpc) is 2.20. The monoisotopic (exact) mass is 215 g/mol. The molecular formula is C10H21N3O2. The first-order chi connectivity index (χ1) is 7.07. The van der Waals surface area contributed by atoms with Crippen molar-refractivity contribution in [3.63, 3.8) is 0 Å². The molecule has 0 spiro atoms. The van der Waals surface area contributed by atoms with Crippen LogP contribution >= 0.6 is 0 Å². The molecule has 0 radical (unpaired) electrons. The first-order valence-electron chi connectivity index (χ1n) is 5.27. The van der Waals surface area contributed by atoms with Gasteiger partial charge in [0.2, 0.25) is 11.8 Å². The van der Waals surface area contributed by atoms with Crippen LogP contribution in [0.2, 0.25) is 0 Å². The van der Waals surface area contributed by atoms with Crippen LogP contribution in [-0.4, -0.2) is 38.5 Å². The molecule has 0 heterocycles. The fourth-order valence-corrected chi connectivity index (χ4v) is 0.919. The van der Waals surface area contributed by atoms with Gasteiger partial charge in [-0.1, -0.05) is 13.8 Å². The number of carbonyl (C=O) groups excluding carboxylic acids is 2. The van der Waals surface area contributed by atoms with Gasteiger partial charge in [0.05, 0.1) is 0 Å². The zero-order valence-corrected chi connectivity index (χ0v) is 9.72. The highest BCUT2D eigenvalue weighted by Gasteiger charge is 2.05. The Bertz CT molecular complexity index is 205. The van der Waals surface area contributed by atoms with Crippen LogP contribution in [0.4, 0.5) is 0 Å². The van der Waals surface area contributed by atoms with E-state index in [1.54, 1.807) is 7.05 Å². The highest BCUT2D eigenvalue weighted by atomic mass is 16.2. The molecule has 0 aliphatic heterocycles. The number of amides is 2. The summed E-state index contributed by atoms with van der Waals surface area (Å²) in [7, 11) is 1.80. The Morgan fingerprint density at radius 1 is 1.07 bits per heavy atom. The predicted molar refractivity (Wildman–Crippen MR) is 59.4 cm³/mol. The minimum atomic E-state index is -0.00927. The molecule has 0 aromatic rings. The van der Waals surface area contributed by atoms with Gasteiger partial charge in [0.25, 0.3) is 0 Å². The van der Waals surface area contributed by atoms with Crippen molar-refractivity contribution in [1.82, 2.24) is 16.0 Å². The lowest BCUT2D eigenvalue weighted by Crippen LogP contribution is -2.36. The standard InChI is InChI=1S/C10H21N3O2/c1-8(2)10(15)13-7-6-12-9(14)4-5-11-3/h8,11H,4-7H2,1-3H3,(H,12,14)(H,13,15). The lowest BCUT2D eigenvalue weighted by atomic mass is 10.2. The third-order valence-corrected chi connectivity index (χ3v) is 1.87. The zero-order valence-electron chi connectivity index (χ0n) is 9.72. The largest absolute Gasteiger partial charge is 0.354 e. The molecular weight excluding hydrogens is 194 g/mol. The van der Waals surface area contributed by atoms with E-state index in [2.05, 4.69) is 16.0 Å². The Hall–Kier alpha value is -1.10. The van der Waals surface area contributed by atoms with Crippen molar-refractivity contribution >= 4 is 11.8 Å². The van der Waals surface area contributed by atoms with E-state index in [4.69, 9.17) is 0 Å². The molecule has 0 atom stereocenters. The fourth-order valence-electron chi connectivity index (χ4n) is 0.919. The second-order valence-electron chi connectivity index (χ2n) is 3.65. The fraction of sp³-hybridized carbons (Fsp3) is 0.800. The lowest BCUT2D eigenvalue weighted by Gasteiger charge is -2.08. The molecule has 0 fully saturated rings. The van der Waals surface area contributed by atoms with E-state index < -0.39 is 0 Å². The number of carbonyl (C=O) groups is 2. The SMILES string of the molecule is CNCCC(=O)NCCNC(=O)C(C)C. The molecule has 3 N–H and O–H groups in total. The molecule has 0 aromatic heterocycles. The molecule has 0 rings (SSSR count). The summed E-state index contributed by atoms with van der Waals surface area (Å²) in [6.07, 6.45) is 0.467. The van der Waals surface area contributed by atoms with E-state index in [1.165, 1.54) is 0 Å². The highest BCUT2D eigenvalue weighted by molar-refractivity contribution is 5.78. The van der Waals surface area contributed by atoms with Crippen LogP contribution in [0.5, 0.6) is 0 Å². The van der Waals surface area contributed by atoms with Crippen molar-refractivity contribution in [1.29, 1.82) is 0 Å². The van der Waals surface area contributed by atoms with Gasteiger partial charge in [-0.15, -0.1) is 0 Å². The van der Waals surface area contributed by atoms with Crippen molar-refractivity contribution in [2.24, 2.45) is 5.92 Å². The van der Waals surface area contributed by atoms with E-state index in [0.29, 0.717) is 26.1 Å². The summed E-state index contributed by atoms with van der Waals surface area (Å²) < 4.78 is 0. The van der Waals surface area contributed by atoms with Crippen LogP contribution in [0, 0.1) is 5.92 Å². The minimum absolute atomic E-state index is 0.00291. The van der Waals surface area contributed by atoms with E-state index in [0.717, 1.165) is 0 Å². The summed E-state index contributed by atoms with van der Waals surface area (Å²) in [5.41, 5.74) is 0. The van der Waals surface area contributed by atoms with E-state index >= 15 is 0 Å². The van der Waals surface area contributed by atoms with Crippen molar-refractivity contribution in [2.45, 2.75) is 20.3 Å². The maximum absolute atomic E-state index is 11.1. The molecule has 88 valence electrons. The van der Waals surface area contributed by atoms with Gasteiger partial charge in [-0.2, -0.15) is 0 Å². The Kier molecular flexibility index (Phi) is 7.62. The molecule has 15 heavy (non-hydrogen) atoms. The van der Waals surface area contributed by atoms with Crippen molar-refractivity contribution in [2.75, 3.05) is 26.7 Å². The quantitative estimate of drug-likeness (QED) is 0.501. The molecule has 0 unspecified atom stereocenters. The number of rotatable bonds is 7. The summed E-state index contributed by atoms with van der Waals surface area (Å²) in [5, 5.41) is 8.33. The molecule has 0 aliphatic rings. The number of nitrogens with one attached hydrogen (secondary N) is 3. The van der Waals surface area contributed by atoms with Crippen molar-refractivity contribution in [3.05, 3.63) is 0 Å². The Morgan fingerprint density at radius 3 is 2.20 bits per heavy atom. The molecule has 0 bridgehead atoms. The summed E-state index contributed by atoms with van der Waals surface area (Å²) in [5.74, 6) is 0.00705. The Balaban J connectivity index is 3.38. The first kappa shape index (κ1) is 13.9. The van der Waals surface area contributed by atoms with Crippen LogP contribution in [0.3, 0.4) is 0 Å². The molecule has 5 heteroatoms. The molecule has 0 saturated heterocycles. The van der Waals surface area contributed by atoms with Crippen LogP contribution in [0.15, 0.2) is 0 Å². The summed E-state index contributed by atoms with van der Waals surface area (Å²) in [6, 6.07) is 0. The minimum Gasteiger partial charge on any atom is -0.354 e. The molecule has 0 aliphatic carbocycles. The third kappa shape index (κ3) is 7.93. The van der Waals surface area contributed by atoms with Gasteiger partial charge in [0, 0.05) is 32.0 Å². The van der Waals surface area contributed by atoms with Gasteiger partial charge in [-0.25, -0.2) is 0 Å². The topological polar surface area (TPSA) is 70.2 Å². The van der Waals surface area contributed by atoms with Gasteiger partial charge in [-0.3, -0.25) is 9.59 Å². The van der Waals surface area contributed by atoms with E-state index in [-0.39, 0.29) is 17.7 Å². The number of hydrogen-bond acceptors (Lipinski definition) is 3. The Morgan fingerprint density at radius 2 is 1.67 bits per heavy atom. The molecule has 5 nitrogen and oxygen atoms in total. The van der Waals surface area contributed by atoms with E-state index in [1.807, 2.05) is 13.8 Å². The molecule has 0 aromatic carbocycles. The van der Waals surface area contributed by atoms with Gasteiger partial charge < -0.3 is 16.0 Å². The second kappa shape index (κ2) is 8.23. The number of hydrogen-bond donors (Lipinski definition) is 3. The van der Waals surface area contributed by atoms with Gasteiger partial charge in [0.1, 0.15) is 0 Å². The van der Waals surface area contributed by atoms with Crippen molar-refractivity contribution in [3.8, 4) is 0 Å². The molecule has 0 saturated carbocycles. The maximum Gasteiger partial charge on any atom is 0.222 e. The summed E-state index contributed by atoms with van der Waals surface area (Å²) >= 11 is 0. The first-order valence-corrected chi connectivity index (χ1v) is 5.27. The van der Waals surface area contributed by atoms with Crippen molar-refractivity contribution < 1.29 is 9.59 Å². The van der Waals surface area contributed by atoms with Gasteiger partial charge in [0.15, 0.2) is 0 Å². The van der Waals surface area contributed by atoms with Crippen LogP contribution in [-0.2, 0) is 9.59 Å². The summed E-state index contributed by atoms with van der Waals surface area (Å²) in [6.45, 7) is 5.31. The normalized spacial score (nSPS) is 10.1. The van der Waals surface area contributed by atoms with Crippen LogP contribution in [0.25, 0.3) is 0 Å². The van der Waals surface area contributed by atoms with E-state index in [9.17, 15) is 9.59 Å². The average molecular weight is 215 g/mol. The second-order valence-corrected chi connectivity index (χ2v) is 3.65. The lowest BCUT2D eigenvalue weighted by molar-refractivity contribution is -0.124. The third-order valence-electron chi connectivity index (χ3n) is 1.87. The van der Waals surface area contributed by atoms with Gasteiger partial charge in [-0.05, 0) is 7.05 Å². The van der Waals surface area contributed by atoms with Crippen LogP contribution in [0.1, 0.15) is 20.3 Å². The molecule has 2 amide bonds. The van der Waals surface area contributed by atoms with Crippen LogP contribution < -0.4 is 16.0 Å². The maximum atomic E-state index is 11.1. The van der Waals surface area contributed by atoms with Gasteiger partial charge >= 0.3 is 0 Å². The zero-order chi connectivity index (χ0) is 11.7.